The Bertz CT molecular complexity index is 721. The van der Waals surface area contributed by atoms with Gasteiger partial charge in [0.1, 0.15) is 30.2 Å². The molecule has 0 aliphatic carbocycles. The van der Waals surface area contributed by atoms with E-state index < -0.39 is 18.1 Å². The van der Waals surface area contributed by atoms with Gasteiger partial charge in [0.15, 0.2) is 22.8 Å². The highest BCUT2D eigenvalue weighted by Crippen LogP contribution is 2.43. The molecule has 118 valence electrons. The molecular formula is C13H15ClN4O4. The van der Waals surface area contributed by atoms with Gasteiger partial charge in [-0.1, -0.05) is 11.6 Å². The van der Waals surface area contributed by atoms with Crippen molar-refractivity contribution >= 4 is 22.8 Å². The topological polar surface area (TPSA) is 91.5 Å². The molecule has 1 unspecified atom stereocenters. The fourth-order valence-electron chi connectivity index (χ4n) is 3.04. The van der Waals surface area contributed by atoms with Gasteiger partial charge in [-0.3, -0.25) is 4.57 Å². The van der Waals surface area contributed by atoms with Gasteiger partial charge in [0.25, 0.3) is 0 Å². The van der Waals surface area contributed by atoms with E-state index in [9.17, 15) is 5.11 Å². The predicted molar refractivity (Wildman–Crippen MR) is 75.2 cm³/mol. The molecule has 0 bridgehead atoms. The molecule has 4 rings (SSSR count). The van der Waals surface area contributed by atoms with E-state index in [0.717, 1.165) is 0 Å². The van der Waals surface area contributed by atoms with E-state index in [1.165, 1.54) is 6.33 Å². The molecule has 1 N–H and O–H groups in total. The molecular weight excluding hydrogens is 312 g/mol. The lowest BCUT2D eigenvalue weighted by Gasteiger charge is -2.24. The van der Waals surface area contributed by atoms with E-state index >= 15 is 0 Å². The number of nitrogens with zero attached hydrogens (tertiary/aromatic N) is 4. The Morgan fingerprint density at radius 2 is 2.05 bits per heavy atom. The summed E-state index contributed by atoms with van der Waals surface area (Å²) in [5, 5.41) is 9.80. The molecule has 22 heavy (non-hydrogen) atoms. The smallest absolute Gasteiger partial charge is 0.167 e. The maximum absolute atomic E-state index is 9.52. The highest BCUT2D eigenvalue weighted by atomic mass is 35.5. The van der Waals surface area contributed by atoms with Crippen molar-refractivity contribution < 1.29 is 19.3 Å². The van der Waals surface area contributed by atoms with Crippen LogP contribution in [0.4, 0.5) is 0 Å². The Morgan fingerprint density at radius 1 is 1.27 bits per heavy atom. The van der Waals surface area contributed by atoms with E-state index in [-0.39, 0.29) is 24.0 Å². The van der Waals surface area contributed by atoms with E-state index in [4.69, 9.17) is 25.8 Å². The number of imidazole rings is 1. The minimum absolute atomic E-state index is 0.153. The van der Waals surface area contributed by atoms with Crippen LogP contribution in [-0.4, -0.2) is 55.3 Å². The summed E-state index contributed by atoms with van der Waals surface area (Å²) in [5.41, 5.74) is 1.05. The Kier molecular flexibility index (Phi) is 3.14. The molecule has 4 atom stereocenters. The zero-order valence-corrected chi connectivity index (χ0v) is 12.8. The minimum atomic E-state index is -0.728. The molecule has 2 fully saturated rings. The van der Waals surface area contributed by atoms with Gasteiger partial charge in [0.2, 0.25) is 0 Å². The summed E-state index contributed by atoms with van der Waals surface area (Å²) in [6, 6.07) is 0. The predicted octanol–water partition coefficient (Wildman–Crippen LogP) is 0.889. The van der Waals surface area contributed by atoms with Crippen molar-refractivity contribution in [1.29, 1.82) is 0 Å². The lowest BCUT2D eigenvalue weighted by atomic mass is 10.1. The van der Waals surface area contributed by atoms with E-state index in [1.54, 1.807) is 10.9 Å². The number of hydrogen-bond donors (Lipinski definition) is 1. The van der Waals surface area contributed by atoms with Crippen molar-refractivity contribution in [3.05, 3.63) is 17.8 Å². The molecule has 2 aliphatic rings. The van der Waals surface area contributed by atoms with Gasteiger partial charge < -0.3 is 19.3 Å². The SMILES string of the molecule is CC1(C)O[C@@H]2[C@@H](CO)OC(n3cnc4c(Cl)ncnc43)[C@@H]2O1. The summed E-state index contributed by atoms with van der Waals surface area (Å²) >= 11 is 6.03. The third-order valence-electron chi connectivity index (χ3n) is 3.89. The second-order valence-corrected chi connectivity index (χ2v) is 6.16. The zero-order chi connectivity index (χ0) is 15.5. The van der Waals surface area contributed by atoms with Crippen LogP contribution in [0.5, 0.6) is 0 Å². The molecule has 0 saturated carbocycles. The van der Waals surface area contributed by atoms with Gasteiger partial charge in [-0.25, -0.2) is 15.0 Å². The minimum Gasteiger partial charge on any atom is -0.394 e. The molecule has 9 heteroatoms. The summed E-state index contributed by atoms with van der Waals surface area (Å²) in [5.74, 6) is -0.728. The van der Waals surface area contributed by atoms with Crippen LogP contribution in [-0.2, 0) is 14.2 Å². The molecule has 0 amide bonds. The molecule has 2 aromatic rings. The van der Waals surface area contributed by atoms with Crippen molar-refractivity contribution in [2.45, 2.75) is 44.2 Å². The average Bonchev–Trinajstić information content (AvgIpc) is 3.10. The van der Waals surface area contributed by atoms with Gasteiger partial charge >= 0.3 is 0 Å². The van der Waals surface area contributed by atoms with Crippen LogP contribution in [0.15, 0.2) is 12.7 Å². The number of halogens is 1. The number of hydrogen-bond acceptors (Lipinski definition) is 7. The normalized spacial score (nSPS) is 33.5. The number of aliphatic hydroxyl groups excluding tert-OH is 1. The standard InChI is InChI=1S/C13H15ClN4O4/c1-13(2)21-8-6(3-19)20-12(9(8)22-13)18-5-17-7-10(14)15-4-16-11(7)18/h4-6,8-9,12,19H,3H2,1-2H3/t6-,8-,9-,12?/m1/s1. The Balaban J connectivity index is 1.77. The van der Waals surface area contributed by atoms with Crippen molar-refractivity contribution in [3.8, 4) is 0 Å². The third kappa shape index (κ3) is 2.03. The van der Waals surface area contributed by atoms with Crippen molar-refractivity contribution in [3.63, 3.8) is 0 Å². The van der Waals surface area contributed by atoms with Crippen LogP contribution in [0.3, 0.4) is 0 Å². The molecule has 0 spiro atoms. The van der Waals surface area contributed by atoms with Gasteiger partial charge in [0, 0.05) is 0 Å². The summed E-state index contributed by atoms with van der Waals surface area (Å²) in [7, 11) is 0. The molecule has 4 heterocycles. The average molecular weight is 327 g/mol. The van der Waals surface area contributed by atoms with Gasteiger partial charge in [0.05, 0.1) is 12.9 Å². The van der Waals surface area contributed by atoms with Crippen LogP contribution in [0.1, 0.15) is 20.1 Å². The quantitative estimate of drug-likeness (QED) is 0.819. The van der Waals surface area contributed by atoms with E-state index in [2.05, 4.69) is 15.0 Å². The first-order valence-corrected chi connectivity index (χ1v) is 7.33. The molecule has 2 aromatic heterocycles. The van der Waals surface area contributed by atoms with Crippen molar-refractivity contribution in [2.24, 2.45) is 0 Å². The molecule has 0 radical (unpaired) electrons. The highest BCUT2D eigenvalue weighted by molar-refractivity contribution is 6.33. The third-order valence-corrected chi connectivity index (χ3v) is 4.17. The van der Waals surface area contributed by atoms with Crippen LogP contribution < -0.4 is 0 Å². The molecule has 0 aromatic carbocycles. The van der Waals surface area contributed by atoms with Crippen molar-refractivity contribution in [1.82, 2.24) is 19.5 Å². The second-order valence-electron chi connectivity index (χ2n) is 5.80. The highest BCUT2D eigenvalue weighted by Gasteiger charge is 2.55. The van der Waals surface area contributed by atoms with Crippen LogP contribution in [0.2, 0.25) is 5.15 Å². The fraction of sp³-hybridized carbons (Fsp3) is 0.615. The van der Waals surface area contributed by atoms with Crippen molar-refractivity contribution in [2.75, 3.05) is 6.61 Å². The maximum atomic E-state index is 9.52. The van der Waals surface area contributed by atoms with E-state index in [1.807, 2.05) is 13.8 Å². The summed E-state index contributed by atoms with van der Waals surface area (Å²) in [6.45, 7) is 3.52. The number of rotatable bonds is 2. The Labute approximate surface area is 131 Å². The summed E-state index contributed by atoms with van der Waals surface area (Å²) < 4.78 is 19.4. The van der Waals surface area contributed by atoms with Gasteiger partial charge in [-0.2, -0.15) is 0 Å². The van der Waals surface area contributed by atoms with Gasteiger partial charge in [-0.05, 0) is 13.8 Å². The lowest BCUT2D eigenvalue weighted by Crippen LogP contribution is -2.31. The Morgan fingerprint density at radius 3 is 2.82 bits per heavy atom. The number of ether oxygens (including phenoxy) is 3. The zero-order valence-electron chi connectivity index (χ0n) is 12.0. The number of aliphatic hydroxyl groups is 1. The molecule has 2 saturated heterocycles. The second kappa shape index (κ2) is 4.84. The lowest BCUT2D eigenvalue weighted by molar-refractivity contribution is -0.199. The Hall–Kier alpha value is -1.32. The van der Waals surface area contributed by atoms with Gasteiger partial charge in [-0.15, -0.1) is 0 Å². The van der Waals surface area contributed by atoms with Crippen LogP contribution in [0, 0.1) is 0 Å². The largest absolute Gasteiger partial charge is 0.394 e. The number of fused-ring (bicyclic) bond motifs is 2. The number of aromatic nitrogens is 4. The molecule has 8 nitrogen and oxygen atoms in total. The van der Waals surface area contributed by atoms with E-state index in [0.29, 0.717) is 11.2 Å². The molecule has 2 aliphatic heterocycles. The summed E-state index contributed by atoms with van der Waals surface area (Å²) in [6.07, 6.45) is 1.28. The first-order valence-electron chi connectivity index (χ1n) is 6.95. The first kappa shape index (κ1) is 14.3. The maximum Gasteiger partial charge on any atom is 0.167 e. The summed E-state index contributed by atoms with van der Waals surface area (Å²) in [4.78, 5) is 12.4. The first-order chi connectivity index (χ1) is 10.5. The monoisotopic (exact) mass is 326 g/mol. The fourth-order valence-corrected chi connectivity index (χ4v) is 3.22. The van der Waals surface area contributed by atoms with Crippen LogP contribution in [0.25, 0.3) is 11.2 Å². The van der Waals surface area contributed by atoms with Crippen LogP contribution >= 0.6 is 11.6 Å².